The topological polar surface area (TPSA) is 108 Å². The third kappa shape index (κ3) is 6.27. The largest absolute Gasteiger partial charge is 0.463 e. The number of nitrogens with one attached hydrogen (secondary N) is 1. The Morgan fingerprint density at radius 1 is 1.00 bits per heavy atom. The van der Waals surface area contributed by atoms with Crippen LogP contribution in [0.15, 0.2) is 93.7 Å². The maximum atomic E-state index is 13.3. The highest BCUT2D eigenvalue weighted by Crippen LogP contribution is 2.28. The molecule has 2 heterocycles. The van der Waals surface area contributed by atoms with Gasteiger partial charge >= 0.3 is 12.1 Å². The van der Waals surface area contributed by atoms with E-state index in [1.807, 2.05) is 73.0 Å². The predicted octanol–water partition coefficient (Wildman–Crippen LogP) is 5.98. The van der Waals surface area contributed by atoms with E-state index in [9.17, 15) is 14.4 Å². The second kappa shape index (κ2) is 12.0. The summed E-state index contributed by atoms with van der Waals surface area (Å²) in [6, 6.07) is 20.6. The van der Waals surface area contributed by atoms with E-state index in [1.165, 1.54) is 23.7 Å². The first-order chi connectivity index (χ1) is 19.4. The molecule has 1 atom stereocenters. The summed E-state index contributed by atoms with van der Waals surface area (Å²) < 4.78 is 16.8. The number of carbonyl (C=O) groups excluding carboxylic acids is 2. The summed E-state index contributed by atoms with van der Waals surface area (Å²) in [4.78, 5) is 43.5. The average Bonchev–Trinajstić information content (AvgIpc) is 3.38. The lowest BCUT2D eigenvalue weighted by atomic mass is 10.1. The van der Waals surface area contributed by atoms with Crippen molar-refractivity contribution in [1.82, 2.24) is 10.3 Å². The number of amides is 1. The van der Waals surface area contributed by atoms with E-state index < -0.39 is 18.1 Å². The molecule has 0 spiro atoms. The number of hydrogen-bond acceptors (Lipinski definition) is 8. The fourth-order valence-corrected chi connectivity index (χ4v) is 5.04. The lowest BCUT2D eigenvalue weighted by Crippen LogP contribution is -2.44. The van der Waals surface area contributed by atoms with Gasteiger partial charge in [0.05, 0.1) is 10.9 Å². The third-order valence-electron chi connectivity index (χ3n) is 6.19. The van der Waals surface area contributed by atoms with E-state index in [4.69, 9.17) is 13.9 Å². The molecule has 0 saturated heterocycles. The van der Waals surface area contributed by atoms with E-state index in [0.29, 0.717) is 21.5 Å². The molecule has 0 saturated carbocycles. The number of carbonyl (C=O) groups is 2. The van der Waals surface area contributed by atoms with Gasteiger partial charge in [0.15, 0.2) is 0 Å². The Hall–Kier alpha value is -4.76. The Bertz CT molecular complexity index is 1710. The first kappa shape index (κ1) is 26.8. The molecule has 0 bridgehead atoms. The summed E-state index contributed by atoms with van der Waals surface area (Å²) in [5.41, 5.74) is 3.50. The smallest absolute Gasteiger partial charge is 0.408 e. The minimum Gasteiger partial charge on any atom is -0.463 e. The molecule has 9 heteroatoms. The van der Waals surface area contributed by atoms with Crippen LogP contribution in [-0.2, 0) is 22.6 Å². The highest BCUT2D eigenvalue weighted by Gasteiger charge is 2.25. The van der Waals surface area contributed by atoms with Gasteiger partial charge in [0, 0.05) is 23.6 Å². The first-order valence-electron chi connectivity index (χ1n) is 12.6. The molecule has 0 unspecified atom stereocenters. The maximum absolute atomic E-state index is 13.3. The fourth-order valence-electron chi connectivity index (χ4n) is 4.24. The van der Waals surface area contributed by atoms with Crippen LogP contribution >= 0.6 is 11.3 Å². The number of alkyl carbamates (subject to hydrolysis) is 1. The van der Waals surface area contributed by atoms with Crippen LogP contribution in [0.1, 0.15) is 22.4 Å². The van der Waals surface area contributed by atoms with Gasteiger partial charge in [0.1, 0.15) is 35.3 Å². The summed E-state index contributed by atoms with van der Waals surface area (Å²) >= 11 is 1.37. The summed E-state index contributed by atoms with van der Waals surface area (Å²) in [5, 5.41) is 5.46. The molecule has 1 N–H and O–H groups in total. The third-order valence-corrected chi connectivity index (χ3v) is 7.18. The number of rotatable bonds is 8. The van der Waals surface area contributed by atoms with Crippen LogP contribution in [0.4, 0.5) is 4.79 Å². The van der Waals surface area contributed by atoms with Crippen molar-refractivity contribution in [3.63, 3.8) is 0 Å². The van der Waals surface area contributed by atoms with E-state index in [-0.39, 0.29) is 29.8 Å². The molecular weight excluding hydrogens is 528 g/mol. The zero-order valence-electron chi connectivity index (χ0n) is 21.9. The number of nitrogens with zero attached hydrogens (tertiary/aromatic N) is 1. The van der Waals surface area contributed by atoms with Crippen molar-refractivity contribution in [3.05, 3.63) is 117 Å². The Balaban J connectivity index is 1.36. The summed E-state index contributed by atoms with van der Waals surface area (Å²) in [7, 11) is 0. The van der Waals surface area contributed by atoms with Gasteiger partial charge in [-0.05, 0) is 36.6 Å². The van der Waals surface area contributed by atoms with Crippen LogP contribution < -0.4 is 15.5 Å². The van der Waals surface area contributed by atoms with E-state index in [0.717, 1.165) is 16.8 Å². The van der Waals surface area contributed by atoms with Crippen LogP contribution in [0.2, 0.25) is 0 Å². The van der Waals surface area contributed by atoms with Crippen LogP contribution in [-0.4, -0.2) is 23.1 Å². The van der Waals surface area contributed by atoms with Crippen molar-refractivity contribution < 1.29 is 23.5 Å². The zero-order chi connectivity index (χ0) is 28.1. The SMILES string of the molecule is Cc1csc(-c2coc3cc(OC(=O)[C@H](Cc4ccccc4)NC(=O)OCc4ccccc4)cc(C)c3c2=O)n1. The van der Waals surface area contributed by atoms with Crippen LogP contribution in [0.5, 0.6) is 5.75 Å². The molecule has 8 nitrogen and oxygen atoms in total. The molecule has 5 aromatic rings. The second-order valence-corrected chi connectivity index (χ2v) is 10.1. The van der Waals surface area contributed by atoms with Crippen molar-refractivity contribution >= 4 is 34.4 Å². The molecule has 40 heavy (non-hydrogen) atoms. The Labute approximate surface area is 234 Å². The van der Waals surface area contributed by atoms with Crippen molar-refractivity contribution in [2.75, 3.05) is 0 Å². The number of aromatic nitrogens is 1. The Morgan fingerprint density at radius 2 is 1.70 bits per heavy atom. The second-order valence-electron chi connectivity index (χ2n) is 9.26. The van der Waals surface area contributed by atoms with Gasteiger partial charge in [-0.25, -0.2) is 14.6 Å². The number of thiazole rings is 1. The standard InChI is InChI=1S/C31H26N2O6S/c1-19-13-23(15-26-27(19)28(34)24(17-37-26)29-32-20(2)18-40-29)39-30(35)25(14-21-9-5-3-6-10-21)33-31(36)38-16-22-11-7-4-8-12-22/h3-13,15,17-18,25H,14,16H2,1-2H3,(H,33,36)/t25-/m0/s1. The summed E-state index contributed by atoms with van der Waals surface area (Å²) in [6.45, 7) is 3.66. The highest BCUT2D eigenvalue weighted by atomic mass is 32.1. The van der Waals surface area contributed by atoms with Gasteiger partial charge in [0.2, 0.25) is 5.43 Å². The van der Waals surface area contributed by atoms with Gasteiger partial charge in [-0.3, -0.25) is 4.79 Å². The average molecular weight is 555 g/mol. The molecule has 202 valence electrons. The van der Waals surface area contributed by atoms with Gasteiger partial charge in [-0.1, -0.05) is 60.7 Å². The quantitative estimate of drug-likeness (QED) is 0.186. The van der Waals surface area contributed by atoms with Crippen molar-refractivity contribution in [2.45, 2.75) is 32.9 Å². The molecule has 1 amide bonds. The molecule has 0 fully saturated rings. The molecule has 5 rings (SSSR count). The summed E-state index contributed by atoms with van der Waals surface area (Å²) in [6.07, 6.45) is 0.821. The maximum Gasteiger partial charge on any atom is 0.408 e. The number of fused-ring (bicyclic) bond motifs is 1. The lowest BCUT2D eigenvalue weighted by Gasteiger charge is -2.18. The van der Waals surface area contributed by atoms with E-state index in [2.05, 4.69) is 10.3 Å². The molecule has 0 aliphatic heterocycles. The number of aryl methyl sites for hydroxylation is 2. The monoisotopic (exact) mass is 554 g/mol. The van der Waals surface area contributed by atoms with E-state index in [1.54, 1.807) is 13.0 Å². The van der Waals surface area contributed by atoms with Gasteiger partial charge in [0.25, 0.3) is 0 Å². The lowest BCUT2D eigenvalue weighted by molar-refractivity contribution is -0.136. The van der Waals surface area contributed by atoms with Gasteiger partial charge < -0.3 is 19.2 Å². The summed E-state index contributed by atoms with van der Waals surface area (Å²) in [5.74, 6) is -0.495. The Kier molecular flexibility index (Phi) is 8.02. The molecule has 0 radical (unpaired) electrons. The molecule has 0 aliphatic carbocycles. The van der Waals surface area contributed by atoms with E-state index >= 15 is 0 Å². The number of hydrogen-bond donors (Lipinski definition) is 1. The number of ether oxygens (including phenoxy) is 2. The number of benzene rings is 3. The first-order valence-corrected chi connectivity index (χ1v) is 13.5. The zero-order valence-corrected chi connectivity index (χ0v) is 22.7. The van der Waals surface area contributed by atoms with Crippen LogP contribution in [0, 0.1) is 13.8 Å². The van der Waals surface area contributed by atoms with Crippen molar-refractivity contribution in [3.8, 4) is 16.3 Å². The van der Waals surface area contributed by atoms with Crippen molar-refractivity contribution in [1.29, 1.82) is 0 Å². The predicted molar refractivity (Wildman–Crippen MR) is 152 cm³/mol. The molecule has 2 aromatic heterocycles. The minimum absolute atomic E-state index is 0.0607. The molecular formula is C31H26N2O6S. The molecule has 0 aliphatic rings. The highest BCUT2D eigenvalue weighted by molar-refractivity contribution is 7.13. The molecule has 3 aromatic carbocycles. The van der Waals surface area contributed by atoms with Crippen LogP contribution in [0.25, 0.3) is 21.5 Å². The van der Waals surface area contributed by atoms with Crippen LogP contribution in [0.3, 0.4) is 0 Å². The van der Waals surface area contributed by atoms with Gasteiger partial charge in [-0.15, -0.1) is 11.3 Å². The Morgan fingerprint density at radius 3 is 2.38 bits per heavy atom. The van der Waals surface area contributed by atoms with Gasteiger partial charge in [-0.2, -0.15) is 0 Å². The normalized spacial score (nSPS) is 11.7. The minimum atomic E-state index is -1.02. The fraction of sp³-hybridized carbons (Fsp3) is 0.161. The number of esters is 1. The van der Waals surface area contributed by atoms with Crippen molar-refractivity contribution in [2.24, 2.45) is 0 Å².